The van der Waals surface area contributed by atoms with Crippen LogP contribution in [0.4, 0.5) is 0 Å². The maximum atomic E-state index is 12.6. The Morgan fingerprint density at radius 3 is 2.78 bits per heavy atom. The summed E-state index contributed by atoms with van der Waals surface area (Å²) in [5.41, 5.74) is 1.69. The summed E-state index contributed by atoms with van der Waals surface area (Å²) in [6, 6.07) is 10.3. The fourth-order valence-corrected chi connectivity index (χ4v) is 3.35. The number of hydrogen-bond acceptors (Lipinski definition) is 6. The van der Waals surface area contributed by atoms with Gasteiger partial charge in [-0.3, -0.25) is 4.79 Å². The number of rotatable bonds is 7. The summed E-state index contributed by atoms with van der Waals surface area (Å²) in [5.74, 6) is -0.0815. The van der Waals surface area contributed by atoms with Gasteiger partial charge >= 0.3 is 0 Å². The minimum Gasteiger partial charge on any atom is -0.330 e. The van der Waals surface area contributed by atoms with Crippen molar-refractivity contribution in [3.63, 3.8) is 0 Å². The van der Waals surface area contributed by atoms with Crippen LogP contribution in [0.3, 0.4) is 0 Å². The monoisotopic (exact) mass is 344 g/mol. The molecule has 2 heterocycles. The highest BCUT2D eigenvalue weighted by molar-refractivity contribution is 7.09. The van der Waals surface area contributed by atoms with E-state index in [9.17, 15) is 4.79 Å². The van der Waals surface area contributed by atoms with E-state index in [0.29, 0.717) is 18.8 Å². The second-order valence-corrected chi connectivity index (χ2v) is 6.62. The Morgan fingerprint density at radius 2 is 2.09 bits per heavy atom. The fourth-order valence-electron chi connectivity index (χ4n) is 2.29. The summed E-state index contributed by atoms with van der Waals surface area (Å²) in [4.78, 5) is 18.7. The lowest BCUT2D eigenvalue weighted by atomic mass is 10.1. The van der Waals surface area contributed by atoms with E-state index >= 15 is 0 Å². The number of nitrogens with zero attached hydrogens (tertiary/aromatic N) is 4. The summed E-state index contributed by atoms with van der Waals surface area (Å²) in [5, 5.41) is 8.44. The molecular weight excluding hydrogens is 328 g/mol. The maximum Gasteiger partial charge on any atom is 0.275 e. The van der Waals surface area contributed by atoms with Gasteiger partial charge in [0.15, 0.2) is 5.69 Å². The fraction of sp³-hybridized carbons (Fsp3) is 0.250. The summed E-state index contributed by atoms with van der Waals surface area (Å²) in [6.45, 7) is 1.19. The van der Waals surface area contributed by atoms with Gasteiger partial charge in [-0.2, -0.15) is 0 Å². The number of thiazole rings is 1. The van der Waals surface area contributed by atoms with Crippen molar-refractivity contribution in [3.8, 4) is 0 Å². The van der Waals surface area contributed by atoms with Crippen LogP contribution in [-0.2, 0) is 13.0 Å². The zero-order valence-corrected chi connectivity index (χ0v) is 14.1. The van der Waals surface area contributed by atoms with Crippen LogP contribution >= 0.6 is 22.9 Å². The van der Waals surface area contributed by atoms with Crippen LogP contribution in [0.5, 0.6) is 0 Å². The molecule has 0 saturated carbocycles. The van der Waals surface area contributed by atoms with Crippen LogP contribution in [0.25, 0.3) is 0 Å². The molecule has 0 aliphatic heterocycles. The number of benzene rings is 1. The molecule has 0 N–H and O–H groups in total. The zero-order chi connectivity index (χ0) is 15.9. The first-order chi connectivity index (χ1) is 11.3. The van der Waals surface area contributed by atoms with Gasteiger partial charge in [0.25, 0.3) is 5.91 Å². The maximum absolute atomic E-state index is 12.6. The minimum absolute atomic E-state index is 0.0815. The third-order valence-electron chi connectivity index (χ3n) is 3.41. The molecule has 0 fully saturated rings. The second kappa shape index (κ2) is 7.94. The summed E-state index contributed by atoms with van der Waals surface area (Å²) in [7, 11) is 0. The van der Waals surface area contributed by atoms with Crippen LogP contribution in [0.15, 0.2) is 47.3 Å². The number of carbonyl (C=O) groups is 1. The first kappa shape index (κ1) is 15.8. The van der Waals surface area contributed by atoms with Gasteiger partial charge in [0.2, 0.25) is 0 Å². The number of aromatic nitrogens is 3. The molecule has 0 unspecified atom stereocenters. The molecule has 0 atom stereocenters. The summed E-state index contributed by atoms with van der Waals surface area (Å²) >= 11 is 2.75. The van der Waals surface area contributed by atoms with Crippen molar-refractivity contribution in [2.45, 2.75) is 19.4 Å². The SMILES string of the molecule is O=C(c1csnn1)N(CCCc1ccccc1)Cc1nccs1. The van der Waals surface area contributed by atoms with Crippen molar-refractivity contribution in [1.82, 2.24) is 19.5 Å². The lowest BCUT2D eigenvalue weighted by Crippen LogP contribution is -2.32. The average Bonchev–Trinajstić information content (AvgIpc) is 3.28. The minimum atomic E-state index is -0.0815. The molecule has 5 nitrogen and oxygen atoms in total. The Hall–Kier alpha value is -2.12. The van der Waals surface area contributed by atoms with Crippen molar-refractivity contribution >= 4 is 28.8 Å². The molecule has 0 aliphatic rings. The molecule has 0 spiro atoms. The van der Waals surface area contributed by atoms with E-state index in [2.05, 4.69) is 26.7 Å². The topological polar surface area (TPSA) is 59.0 Å². The largest absolute Gasteiger partial charge is 0.330 e. The Kier molecular flexibility index (Phi) is 5.44. The zero-order valence-electron chi connectivity index (χ0n) is 12.5. The molecule has 2 aromatic heterocycles. The summed E-state index contributed by atoms with van der Waals surface area (Å²) < 4.78 is 3.78. The number of carbonyl (C=O) groups excluding carboxylic acids is 1. The Balaban J connectivity index is 1.64. The number of aryl methyl sites for hydroxylation is 1. The van der Waals surface area contributed by atoms with E-state index in [1.54, 1.807) is 27.8 Å². The van der Waals surface area contributed by atoms with Gasteiger partial charge in [0.05, 0.1) is 6.54 Å². The van der Waals surface area contributed by atoms with Crippen LogP contribution in [0.2, 0.25) is 0 Å². The van der Waals surface area contributed by atoms with E-state index in [1.165, 1.54) is 17.1 Å². The molecule has 23 heavy (non-hydrogen) atoms. The Bertz CT molecular complexity index is 714. The van der Waals surface area contributed by atoms with Crippen LogP contribution in [0.1, 0.15) is 27.5 Å². The predicted molar refractivity (Wildman–Crippen MR) is 91.5 cm³/mol. The molecule has 1 amide bonds. The smallest absolute Gasteiger partial charge is 0.275 e. The van der Waals surface area contributed by atoms with Gasteiger partial charge in [-0.1, -0.05) is 34.8 Å². The standard InChI is InChI=1S/C16H16N4OS2/c21-16(14-12-23-19-18-14)20(11-15-17-8-10-22-15)9-4-7-13-5-2-1-3-6-13/h1-3,5-6,8,10,12H,4,7,9,11H2. The third-order valence-corrected chi connectivity index (χ3v) is 4.68. The second-order valence-electron chi connectivity index (χ2n) is 5.03. The van der Waals surface area contributed by atoms with Crippen molar-refractivity contribution in [2.75, 3.05) is 6.54 Å². The molecule has 0 saturated heterocycles. The highest BCUT2D eigenvalue weighted by Gasteiger charge is 2.19. The molecule has 7 heteroatoms. The van der Waals surface area contributed by atoms with Gasteiger partial charge in [-0.15, -0.1) is 16.4 Å². The lowest BCUT2D eigenvalue weighted by Gasteiger charge is -2.20. The number of hydrogen-bond donors (Lipinski definition) is 0. The molecule has 0 bridgehead atoms. The van der Waals surface area contributed by atoms with E-state index < -0.39 is 0 Å². The normalized spacial score (nSPS) is 10.6. The van der Waals surface area contributed by atoms with Crippen LogP contribution in [-0.4, -0.2) is 31.9 Å². The first-order valence-electron chi connectivity index (χ1n) is 7.31. The van der Waals surface area contributed by atoms with Gasteiger partial charge in [-0.25, -0.2) is 4.98 Å². The quantitative estimate of drug-likeness (QED) is 0.660. The van der Waals surface area contributed by atoms with Crippen LogP contribution < -0.4 is 0 Å². The molecule has 0 radical (unpaired) electrons. The molecule has 3 rings (SSSR count). The van der Waals surface area contributed by atoms with Gasteiger partial charge in [-0.05, 0) is 29.9 Å². The first-order valence-corrected chi connectivity index (χ1v) is 9.03. The van der Waals surface area contributed by atoms with Crippen molar-refractivity contribution in [3.05, 3.63) is 63.6 Å². The molecular formula is C16H16N4OS2. The number of amides is 1. The van der Waals surface area contributed by atoms with E-state index in [4.69, 9.17) is 0 Å². The van der Waals surface area contributed by atoms with E-state index in [1.807, 2.05) is 23.6 Å². The lowest BCUT2D eigenvalue weighted by molar-refractivity contribution is 0.0735. The van der Waals surface area contributed by atoms with Crippen LogP contribution in [0, 0.1) is 0 Å². The molecule has 118 valence electrons. The van der Waals surface area contributed by atoms with Crippen molar-refractivity contribution in [2.24, 2.45) is 0 Å². The van der Waals surface area contributed by atoms with Crippen molar-refractivity contribution < 1.29 is 4.79 Å². The summed E-state index contributed by atoms with van der Waals surface area (Å²) in [6.07, 6.45) is 3.60. The third kappa shape index (κ3) is 4.43. The Labute approximate surface area is 142 Å². The van der Waals surface area contributed by atoms with Gasteiger partial charge in [0, 0.05) is 23.5 Å². The Morgan fingerprint density at radius 1 is 1.22 bits per heavy atom. The van der Waals surface area contributed by atoms with E-state index in [-0.39, 0.29) is 5.91 Å². The van der Waals surface area contributed by atoms with E-state index in [0.717, 1.165) is 17.8 Å². The van der Waals surface area contributed by atoms with Gasteiger partial charge in [0.1, 0.15) is 5.01 Å². The van der Waals surface area contributed by atoms with Crippen molar-refractivity contribution in [1.29, 1.82) is 0 Å². The average molecular weight is 344 g/mol. The molecule has 1 aromatic carbocycles. The highest BCUT2D eigenvalue weighted by Crippen LogP contribution is 2.13. The molecule has 3 aromatic rings. The predicted octanol–water partition coefficient (Wildman–Crippen LogP) is 3.27. The van der Waals surface area contributed by atoms with Gasteiger partial charge < -0.3 is 4.90 Å². The highest BCUT2D eigenvalue weighted by atomic mass is 32.1. The molecule has 0 aliphatic carbocycles.